The van der Waals surface area contributed by atoms with E-state index in [9.17, 15) is 9.59 Å². The molecule has 0 aromatic carbocycles. The Morgan fingerprint density at radius 3 is 2.95 bits per heavy atom. The highest BCUT2D eigenvalue weighted by Gasteiger charge is 2.35. The van der Waals surface area contributed by atoms with Crippen molar-refractivity contribution in [3.8, 4) is 0 Å². The maximum absolute atomic E-state index is 12.2. The number of nitrogens with zero attached hydrogens (tertiary/aromatic N) is 2. The van der Waals surface area contributed by atoms with E-state index >= 15 is 0 Å². The zero-order valence-corrected chi connectivity index (χ0v) is 11.5. The lowest BCUT2D eigenvalue weighted by atomic mass is 9.94. The summed E-state index contributed by atoms with van der Waals surface area (Å²) in [4.78, 5) is 27.2. The smallest absolute Gasteiger partial charge is 0.246 e. The van der Waals surface area contributed by atoms with Gasteiger partial charge in [0, 0.05) is 32.2 Å². The van der Waals surface area contributed by atoms with E-state index < -0.39 is 0 Å². The lowest BCUT2D eigenvalue weighted by Crippen LogP contribution is -2.48. The first-order valence-electron chi connectivity index (χ1n) is 6.96. The van der Waals surface area contributed by atoms with Crippen molar-refractivity contribution in [2.24, 2.45) is 5.92 Å². The fourth-order valence-corrected chi connectivity index (χ4v) is 2.84. The number of rotatable bonds is 4. The van der Waals surface area contributed by atoms with Gasteiger partial charge >= 0.3 is 0 Å². The minimum atomic E-state index is -0.185. The second-order valence-corrected chi connectivity index (χ2v) is 5.14. The quantitative estimate of drug-likeness (QED) is 0.702. The Kier molecular flexibility index (Phi) is 4.58. The summed E-state index contributed by atoms with van der Waals surface area (Å²) in [6.45, 7) is 8.32. The molecule has 5 nitrogen and oxygen atoms in total. The Bertz CT molecular complexity index is 370. The second kappa shape index (κ2) is 6.19. The summed E-state index contributed by atoms with van der Waals surface area (Å²) in [6.07, 6.45) is 3.55. The first-order chi connectivity index (χ1) is 9.15. The molecule has 0 aromatic rings. The standard InChI is InChI=1S/C14H22N2O3/c1-3-13(17)15(4-2)10-14(18)16-7-5-12-11(9-16)6-8-19-12/h3,11-12H,1,4-10H2,2H3/t11-,12+/m1/s1. The molecule has 2 aliphatic heterocycles. The van der Waals surface area contributed by atoms with Crippen LogP contribution < -0.4 is 0 Å². The van der Waals surface area contributed by atoms with Gasteiger partial charge in [0.25, 0.3) is 0 Å². The minimum Gasteiger partial charge on any atom is -0.378 e. The molecule has 0 aliphatic carbocycles. The molecule has 106 valence electrons. The molecule has 2 rings (SSSR count). The Labute approximate surface area is 114 Å². The van der Waals surface area contributed by atoms with Gasteiger partial charge < -0.3 is 14.5 Å². The number of ether oxygens (including phenoxy) is 1. The van der Waals surface area contributed by atoms with Crippen molar-refractivity contribution in [1.82, 2.24) is 9.80 Å². The van der Waals surface area contributed by atoms with E-state index in [1.165, 1.54) is 11.0 Å². The first-order valence-corrected chi connectivity index (χ1v) is 6.96. The van der Waals surface area contributed by atoms with Crippen LogP contribution in [0.3, 0.4) is 0 Å². The number of fused-ring (bicyclic) bond motifs is 1. The maximum atomic E-state index is 12.2. The number of amides is 2. The van der Waals surface area contributed by atoms with Crippen LogP contribution in [0.5, 0.6) is 0 Å². The van der Waals surface area contributed by atoms with Gasteiger partial charge in [-0.05, 0) is 25.8 Å². The highest BCUT2D eigenvalue weighted by molar-refractivity contribution is 5.90. The van der Waals surface area contributed by atoms with Crippen LogP contribution in [-0.4, -0.2) is 60.5 Å². The van der Waals surface area contributed by atoms with Crippen LogP contribution in [0.4, 0.5) is 0 Å². The van der Waals surface area contributed by atoms with Crippen molar-refractivity contribution in [2.45, 2.75) is 25.9 Å². The third kappa shape index (κ3) is 3.15. The Morgan fingerprint density at radius 1 is 1.47 bits per heavy atom. The first kappa shape index (κ1) is 14.1. The summed E-state index contributed by atoms with van der Waals surface area (Å²) in [6, 6.07) is 0. The topological polar surface area (TPSA) is 49.9 Å². The van der Waals surface area contributed by atoms with Gasteiger partial charge in [0.1, 0.15) is 0 Å². The molecule has 0 aromatic heterocycles. The molecule has 2 aliphatic rings. The molecule has 2 atom stereocenters. The number of carbonyl (C=O) groups is 2. The molecular formula is C14H22N2O3. The van der Waals surface area contributed by atoms with Gasteiger partial charge in [-0.1, -0.05) is 6.58 Å². The molecule has 2 saturated heterocycles. The predicted octanol–water partition coefficient (Wildman–Crippen LogP) is 0.658. The number of carbonyl (C=O) groups excluding carboxylic acids is 2. The van der Waals surface area contributed by atoms with E-state index in [0.29, 0.717) is 18.6 Å². The third-order valence-corrected chi connectivity index (χ3v) is 4.03. The summed E-state index contributed by atoms with van der Waals surface area (Å²) in [5, 5.41) is 0. The van der Waals surface area contributed by atoms with Gasteiger partial charge in [0.2, 0.25) is 11.8 Å². The lowest BCUT2D eigenvalue weighted by molar-refractivity contribution is -0.140. The van der Waals surface area contributed by atoms with Crippen LogP contribution in [0.2, 0.25) is 0 Å². The number of hydrogen-bond acceptors (Lipinski definition) is 3. The number of hydrogen-bond donors (Lipinski definition) is 0. The summed E-state index contributed by atoms with van der Waals surface area (Å²) in [5.74, 6) is 0.320. The average molecular weight is 266 g/mol. The molecule has 0 unspecified atom stereocenters. The van der Waals surface area contributed by atoms with Crippen molar-refractivity contribution in [3.05, 3.63) is 12.7 Å². The van der Waals surface area contributed by atoms with E-state index in [0.717, 1.165) is 32.5 Å². The van der Waals surface area contributed by atoms with Crippen molar-refractivity contribution in [1.29, 1.82) is 0 Å². The normalized spacial score (nSPS) is 25.8. The van der Waals surface area contributed by atoms with Crippen molar-refractivity contribution < 1.29 is 14.3 Å². The van der Waals surface area contributed by atoms with Crippen molar-refractivity contribution in [2.75, 3.05) is 32.8 Å². The fourth-order valence-electron chi connectivity index (χ4n) is 2.84. The molecule has 0 saturated carbocycles. The van der Waals surface area contributed by atoms with Crippen LogP contribution >= 0.6 is 0 Å². The van der Waals surface area contributed by atoms with Crippen molar-refractivity contribution in [3.63, 3.8) is 0 Å². The summed E-state index contributed by atoms with van der Waals surface area (Å²) in [5.41, 5.74) is 0. The molecular weight excluding hydrogens is 244 g/mol. The average Bonchev–Trinajstić information content (AvgIpc) is 2.90. The molecule has 0 N–H and O–H groups in total. The SMILES string of the molecule is C=CC(=O)N(CC)CC(=O)N1CC[C@@H]2OCC[C@@H]2C1. The van der Waals surface area contributed by atoms with E-state index in [4.69, 9.17) is 4.74 Å². The molecule has 2 fully saturated rings. The van der Waals surface area contributed by atoms with Gasteiger partial charge in [-0.25, -0.2) is 0 Å². The number of piperidine rings is 1. The molecule has 5 heteroatoms. The van der Waals surface area contributed by atoms with Crippen LogP contribution in [0.1, 0.15) is 19.8 Å². The third-order valence-electron chi connectivity index (χ3n) is 4.03. The molecule has 0 bridgehead atoms. The fraction of sp³-hybridized carbons (Fsp3) is 0.714. The largest absolute Gasteiger partial charge is 0.378 e. The number of likely N-dealkylation sites (N-methyl/N-ethyl adjacent to an activating group) is 1. The minimum absolute atomic E-state index is 0.0300. The highest BCUT2D eigenvalue weighted by Crippen LogP contribution is 2.28. The summed E-state index contributed by atoms with van der Waals surface area (Å²) >= 11 is 0. The van der Waals surface area contributed by atoms with E-state index in [1.54, 1.807) is 0 Å². The second-order valence-electron chi connectivity index (χ2n) is 5.14. The van der Waals surface area contributed by atoms with Crippen molar-refractivity contribution >= 4 is 11.8 Å². The highest BCUT2D eigenvalue weighted by atomic mass is 16.5. The van der Waals surface area contributed by atoms with E-state index in [2.05, 4.69) is 6.58 Å². The van der Waals surface area contributed by atoms with Crippen LogP contribution in [0.25, 0.3) is 0 Å². The van der Waals surface area contributed by atoms with Gasteiger partial charge in [0.05, 0.1) is 12.6 Å². The summed E-state index contributed by atoms with van der Waals surface area (Å²) in [7, 11) is 0. The number of likely N-dealkylation sites (tertiary alicyclic amines) is 1. The molecule has 2 heterocycles. The zero-order valence-electron chi connectivity index (χ0n) is 11.5. The van der Waals surface area contributed by atoms with E-state index in [-0.39, 0.29) is 18.4 Å². The van der Waals surface area contributed by atoms with E-state index in [1.807, 2.05) is 11.8 Å². The van der Waals surface area contributed by atoms with Crippen LogP contribution in [0, 0.1) is 5.92 Å². The Balaban J connectivity index is 1.89. The molecule has 0 spiro atoms. The summed E-state index contributed by atoms with van der Waals surface area (Å²) < 4.78 is 5.63. The van der Waals surface area contributed by atoms with Crippen LogP contribution in [0.15, 0.2) is 12.7 Å². The van der Waals surface area contributed by atoms with Crippen LogP contribution in [-0.2, 0) is 14.3 Å². The van der Waals surface area contributed by atoms with Gasteiger partial charge in [-0.2, -0.15) is 0 Å². The molecule has 19 heavy (non-hydrogen) atoms. The lowest BCUT2D eigenvalue weighted by Gasteiger charge is -2.35. The molecule has 0 radical (unpaired) electrons. The zero-order chi connectivity index (χ0) is 13.8. The predicted molar refractivity (Wildman–Crippen MR) is 71.5 cm³/mol. The maximum Gasteiger partial charge on any atom is 0.246 e. The Morgan fingerprint density at radius 2 is 2.26 bits per heavy atom. The van der Waals surface area contributed by atoms with Gasteiger partial charge in [-0.3, -0.25) is 9.59 Å². The van der Waals surface area contributed by atoms with Gasteiger partial charge in [-0.15, -0.1) is 0 Å². The Hall–Kier alpha value is -1.36. The van der Waals surface area contributed by atoms with Gasteiger partial charge in [0.15, 0.2) is 0 Å². The monoisotopic (exact) mass is 266 g/mol. The molecule has 2 amide bonds.